The first kappa shape index (κ1) is 41.2. The maximum atomic E-state index is 5.46. The zero-order valence-corrected chi connectivity index (χ0v) is 39.9. The van der Waals surface area contributed by atoms with Crippen LogP contribution in [0.1, 0.15) is 0 Å². The summed E-state index contributed by atoms with van der Waals surface area (Å²) in [4.78, 5) is 26.8. The molecule has 0 saturated carbocycles. The third kappa shape index (κ3) is 6.47. The van der Waals surface area contributed by atoms with E-state index in [1.165, 1.54) is 36.3 Å². The lowest BCUT2D eigenvalue weighted by atomic mass is 9.99. The molecular weight excluding hydrogens is 911 g/mol. The van der Waals surface area contributed by atoms with Crippen molar-refractivity contribution in [3.05, 3.63) is 237 Å². The lowest BCUT2D eigenvalue weighted by Gasteiger charge is -2.18. The summed E-state index contributed by atoms with van der Waals surface area (Å²) in [6, 6.07) is 82.9. The van der Waals surface area contributed by atoms with E-state index in [1.54, 1.807) is 0 Å². The van der Waals surface area contributed by atoms with E-state index in [2.05, 4.69) is 179 Å². The van der Waals surface area contributed by atoms with Crippen molar-refractivity contribution in [1.82, 2.24) is 34.1 Å². The summed E-state index contributed by atoms with van der Waals surface area (Å²) < 4.78 is 7.46. The molecule has 0 saturated heterocycles. The summed E-state index contributed by atoms with van der Waals surface area (Å²) in [5.41, 5.74) is 14.1. The number of hydrogen-bond acceptors (Lipinski definition) is 6. The van der Waals surface area contributed by atoms with Crippen LogP contribution in [-0.2, 0) is 0 Å². The number of nitrogens with zero attached hydrogens (tertiary/aromatic N) is 7. The van der Waals surface area contributed by atoms with Gasteiger partial charge in [-0.25, -0.2) is 24.9 Å². The highest BCUT2D eigenvalue weighted by Crippen LogP contribution is 2.52. The summed E-state index contributed by atoms with van der Waals surface area (Å²) in [6.45, 7) is 0. The zero-order chi connectivity index (χ0) is 48.0. The number of benzene rings is 10. The highest BCUT2D eigenvalue weighted by molar-refractivity contribution is 7.27. The van der Waals surface area contributed by atoms with E-state index in [0.717, 1.165) is 89.1 Å². The molecule has 0 unspecified atom stereocenters. The Morgan fingerprint density at radius 2 is 0.808 bits per heavy atom. The standard InChI is InChI=1S/C65H39N7S/c1-5-21-40(22-6-1)58-59(67-50-33-17-16-32-49(50)66-58)43-37-38-53(48(39-43)65-69-63(41-23-7-2-8-24-41)68-64(70-65)42-25-9-3-10-26-42)72-52-35-19-14-30-46(52)57-61(72)60-55(56-47-31-15-20-36-54(47)73-62(56)57)45-29-13-18-34-51(45)71(60)44-27-11-4-12-28-44/h1-39H. The van der Waals surface area contributed by atoms with Gasteiger partial charge in [-0.3, -0.25) is 0 Å². The lowest BCUT2D eigenvalue weighted by molar-refractivity contribution is 1.06. The van der Waals surface area contributed by atoms with Crippen LogP contribution in [0, 0.1) is 0 Å². The van der Waals surface area contributed by atoms with Gasteiger partial charge < -0.3 is 9.13 Å². The van der Waals surface area contributed by atoms with E-state index in [1.807, 2.05) is 78.1 Å². The number of aromatic nitrogens is 7. The number of fused-ring (bicyclic) bond motifs is 13. The molecule has 0 bridgehead atoms. The second kappa shape index (κ2) is 16.5. The Balaban J connectivity index is 1.14. The molecule has 5 heterocycles. The van der Waals surface area contributed by atoms with Crippen molar-refractivity contribution < 1.29 is 0 Å². The number of hydrogen-bond donors (Lipinski definition) is 0. The van der Waals surface area contributed by atoms with Crippen molar-refractivity contribution in [1.29, 1.82) is 0 Å². The van der Waals surface area contributed by atoms with Gasteiger partial charge in [-0.2, -0.15) is 0 Å². The van der Waals surface area contributed by atoms with E-state index < -0.39 is 0 Å². The second-order valence-corrected chi connectivity index (χ2v) is 19.4. The Bertz CT molecular complexity index is 4600. The predicted molar refractivity (Wildman–Crippen MR) is 302 cm³/mol. The monoisotopic (exact) mass is 949 g/mol. The molecule has 15 rings (SSSR count). The maximum Gasteiger partial charge on any atom is 0.166 e. The normalized spacial score (nSPS) is 11.8. The van der Waals surface area contributed by atoms with Gasteiger partial charge in [-0.1, -0.05) is 182 Å². The van der Waals surface area contributed by atoms with Gasteiger partial charge in [0.05, 0.1) is 50.2 Å². The van der Waals surface area contributed by atoms with Crippen LogP contribution < -0.4 is 0 Å². The molecule has 0 aliphatic heterocycles. The van der Waals surface area contributed by atoms with Gasteiger partial charge in [0, 0.05) is 75.2 Å². The molecule has 340 valence electrons. The van der Waals surface area contributed by atoms with Crippen LogP contribution in [0.4, 0.5) is 0 Å². The minimum atomic E-state index is 0.535. The molecular formula is C65H39N7S. The fourth-order valence-electron chi connectivity index (χ4n) is 11.0. The number of rotatable bonds is 7. The Kier molecular flexibility index (Phi) is 9.30. The summed E-state index contributed by atoms with van der Waals surface area (Å²) in [7, 11) is 0. The van der Waals surface area contributed by atoms with Crippen LogP contribution in [0.5, 0.6) is 0 Å². The van der Waals surface area contributed by atoms with Gasteiger partial charge in [0.15, 0.2) is 17.5 Å². The lowest BCUT2D eigenvalue weighted by Crippen LogP contribution is -2.05. The summed E-state index contributed by atoms with van der Waals surface area (Å²) in [6.07, 6.45) is 0. The van der Waals surface area contributed by atoms with Crippen molar-refractivity contribution in [2.24, 2.45) is 0 Å². The fourth-order valence-corrected chi connectivity index (χ4v) is 12.2. The quantitative estimate of drug-likeness (QED) is 0.159. The molecule has 10 aromatic carbocycles. The van der Waals surface area contributed by atoms with Gasteiger partial charge >= 0.3 is 0 Å². The van der Waals surface area contributed by atoms with Crippen molar-refractivity contribution in [2.45, 2.75) is 0 Å². The molecule has 0 atom stereocenters. The summed E-state index contributed by atoms with van der Waals surface area (Å²) in [5, 5.41) is 7.31. The number of para-hydroxylation sites is 5. The molecule has 0 aliphatic carbocycles. The third-order valence-corrected chi connectivity index (χ3v) is 15.3. The van der Waals surface area contributed by atoms with Crippen LogP contribution in [0.25, 0.3) is 143 Å². The predicted octanol–water partition coefficient (Wildman–Crippen LogP) is 16.7. The summed E-state index contributed by atoms with van der Waals surface area (Å²) in [5.74, 6) is 1.70. The smallest absolute Gasteiger partial charge is 0.166 e. The van der Waals surface area contributed by atoms with E-state index in [-0.39, 0.29) is 0 Å². The second-order valence-electron chi connectivity index (χ2n) is 18.3. The molecule has 0 amide bonds. The molecule has 5 aromatic heterocycles. The molecule has 73 heavy (non-hydrogen) atoms. The Morgan fingerprint density at radius 1 is 0.329 bits per heavy atom. The van der Waals surface area contributed by atoms with E-state index >= 15 is 0 Å². The Labute approximate surface area is 422 Å². The first-order valence-electron chi connectivity index (χ1n) is 24.4. The average molecular weight is 950 g/mol. The molecule has 7 nitrogen and oxygen atoms in total. The highest BCUT2D eigenvalue weighted by Gasteiger charge is 2.29. The SMILES string of the molecule is c1ccc(-c2nc(-c3ccccc3)nc(-c3cc(-c4nc5ccccc5nc4-c4ccccc4)ccc3-n3c4ccccc4c4c5sc6ccccc6c5c5c6ccccc6n(-c6ccccc6)c5c43)n2)cc1. The molecule has 15 aromatic rings. The average Bonchev–Trinajstić information content (AvgIpc) is 4.15. The Hall–Kier alpha value is -9.63. The zero-order valence-electron chi connectivity index (χ0n) is 39.1. The molecule has 8 heteroatoms. The molecule has 0 spiro atoms. The first-order chi connectivity index (χ1) is 36.2. The van der Waals surface area contributed by atoms with Crippen molar-refractivity contribution in [2.75, 3.05) is 0 Å². The maximum absolute atomic E-state index is 5.46. The van der Waals surface area contributed by atoms with Gasteiger partial charge in [0.2, 0.25) is 0 Å². The van der Waals surface area contributed by atoms with Crippen molar-refractivity contribution in [3.8, 4) is 68.1 Å². The van der Waals surface area contributed by atoms with E-state index in [0.29, 0.717) is 17.5 Å². The van der Waals surface area contributed by atoms with E-state index in [4.69, 9.17) is 24.9 Å². The third-order valence-electron chi connectivity index (χ3n) is 14.1. The van der Waals surface area contributed by atoms with Crippen LogP contribution in [0.2, 0.25) is 0 Å². The topological polar surface area (TPSA) is 74.3 Å². The van der Waals surface area contributed by atoms with Gasteiger partial charge in [-0.15, -0.1) is 11.3 Å². The van der Waals surface area contributed by atoms with E-state index in [9.17, 15) is 0 Å². The van der Waals surface area contributed by atoms with Crippen LogP contribution in [0.15, 0.2) is 237 Å². The minimum Gasteiger partial charge on any atom is -0.307 e. The van der Waals surface area contributed by atoms with Gasteiger partial charge in [-0.05, 0) is 54.6 Å². The van der Waals surface area contributed by atoms with Crippen LogP contribution >= 0.6 is 11.3 Å². The first-order valence-corrected chi connectivity index (χ1v) is 25.2. The summed E-state index contributed by atoms with van der Waals surface area (Å²) >= 11 is 1.87. The Morgan fingerprint density at radius 3 is 1.45 bits per heavy atom. The largest absolute Gasteiger partial charge is 0.307 e. The van der Waals surface area contributed by atoms with Crippen LogP contribution in [0.3, 0.4) is 0 Å². The molecule has 0 aliphatic rings. The van der Waals surface area contributed by atoms with Gasteiger partial charge in [0.1, 0.15) is 0 Å². The minimum absolute atomic E-state index is 0.535. The highest BCUT2D eigenvalue weighted by atomic mass is 32.1. The van der Waals surface area contributed by atoms with Crippen molar-refractivity contribution >= 4 is 86.2 Å². The van der Waals surface area contributed by atoms with Gasteiger partial charge in [0.25, 0.3) is 0 Å². The molecule has 0 fully saturated rings. The fraction of sp³-hybridized carbons (Fsp3) is 0. The molecule has 0 N–H and O–H groups in total. The van der Waals surface area contributed by atoms with Crippen molar-refractivity contribution in [3.63, 3.8) is 0 Å². The van der Waals surface area contributed by atoms with Crippen LogP contribution in [-0.4, -0.2) is 34.1 Å². The molecule has 0 radical (unpaired) electrons. The number of thiophene rings is 1.